The van der Waals surface area contributed by atoms with Crippen LogP contribution in [0.1, 0.15) is 33.2 Å². The SMILES string of the molecule is CC1Cc2cc(C(=O)Nc3ccc(C(N)=O)c(Cl)c3)ccc2N1S(C)(=O)=O. The van der Waals surface area contributed by atoms with Crippen molar-refractivity contribution in [3.05, 3.63) is 58.1 Å². The summed E-state index contributed by atoms with van der Waals surface area (Å²) in [5.74, 6) is -1.02. The van der Waals surface area contributed by atoms with Crippen LogP contribution in [-0.4, -0.2) is 32.5 Å². The summed E-state index contributed by atoms with van der Waals surface area (Å²) >= 11 is 5.99. The van der Waals surface area contributed by atoms with Gasteiger partial charge in [-0.1, -0.05) is 11.6 Å². The van der Waals surface area contributed by atoms with Crippen LogP contribution < -0.4 is 15.4 Å². The molecule has 0 aromatic heterocycles. The number of nitrogens with zero attached hydrogens (tertiary/aromatic N) is 1. The van der Waals surface area contributed by atoms with Crippen molar-refractivity contribution in [3.63, 3.8) is 0 Å². The predicted octanol–water partition coefficient (Wildman–Crippen LogP) is 2.40. The summed E-state index contributed by atoms with van der Waals surface area (Å²) in [6.07, 6.45) is 1.70. The first-order chi connectivity index (χ1) is 12.6. The second-order valence-corrected chi connectivity index (χ2v) is 8.74. The van der Waals surface area contributed by atoms with Crippen LogP contribution in [-0.2, 0) is 16.4 Å². The lowest BCUT2D eigenvalue weighted by Gasteiger charge is -2.21. The van der Waals surface area contributed by atoms with Crippen molar-refractivity contribution < 1.29 is 18.0 Å². The summed E-state index contributed by atoms with van der Waals surface area (Å²) in [6, 6.07) is 9.11. The highest BCUT2D eigenvalue weighted by Crippen LogP contribution is 2.34. The molecule has 0 bridgehead atoms. The molecule has 0 radical (unpaired) electrons. The quantitative estimate of drug-likeness (QED) is 0.810. The first-order valence-electron chi connectivity index (χ1n) is 8.11. The van der Waals surface area contributed by atoms with Crippen LogP contribution in [0.15, 0.2) is 36.4 Å². The summed E-state index contributed by atoms with van der Waals surface area (Å²) < 4.78 is 25.3. The van der Waals surface area contributed by atoms with E-state index < -0.39 is 15.9 Å². The molecule has 0 aliphatic carbocycles. The molecule has 9 heteroatoms. The van der Waals surface area contributed by atoms with Crippen LogP contribution in [0.2, 0.25) is 5.02 Å². The number of nitrogens with one attached hydrogen (secondary N) is 1. The van der Waals surface area contributed by atoms with Crippen LogP contribution in [0.25, 0.3) is 0 Å². The van der Waals surface area contributed by atoms with Crippen molar-refractivity contribution in [2.24, 2.45) is 5.73 Å². The van der Waals surface area contributed by atoms with Gasteiger partial charge in [-0.25, -0.2) is 8.42 Å². The molecular weight excluding hydrogens is 390 g/mol. The molecule has 3 rings (SSSR count). The highest BCUT2D eigenvalue weighted by Gasteiger charge is 2.32. The lowest BCUT2D eigenvalue weighted by Crippen LogP contribution is -2.34. The minimum atomic E-state index is -3.38. The molecule has 0 fully saturated rings. The van der Waals surface area contributed by atoms with Crippen LogP contribution in [0, 0.1) is 0 Å². The lowest BCUT2D eigenvalue weighted by molar-refractivity contribution is 0.0998. The molecular formula is C18H18ClN3O4S. The second-order valence-electron chi connectivity index (χ2n) is 6.47. The number of hydrogen-bond donors (Lipinski definition) is 2. The van der Waals surface area contributed by atoms with Gasteiger partial charge in [-0.05, 0) is 55.3 Å². The first kappa shape index (κ1) is 19.2. The number of anilines is 2. The molecule has 27 heavy (non-hydrogen) atoms. The van der Waals surface area contributed by atoms with E-state index in [9.17, 15) is 18.0 Å². The Balaban J connectivity index is 1.84. The Hall–Kier alpha value is -2.58. The van der Waals surface area contributed by atoms with E-state index in [4.69, 9.17) is 17.3 Å². The molecule has 0 spiro atoms. The zero-order chi connectivity index (χ0) is 19.9. The number of benzene rings is 2. The van der Waals surface area contributed by atoms with Gasteiger partial charge in [-0.2, -0.15) is 0 Å². The number of carbonyl (C=O) groups is 2. The Morgan fingerprint density at radius 2 is 1.93 bits per heavy atom. The number of rotatable bonds is 4. The zero-order valence-electron chi connectivity index (χ0n) is 14.7. The third-order valence-electron chi connectivity index (χ3n) is 4.34. The van der Waals surface area contributed by atoms with Crippen LogP contribution in [0.3, 0.4) is 0 Å². The van der Waals surface area contributed by atoms with Gasteiger partial charge in [0.2, 0.25) is 15.9 Å². The monoisotopic (exact) mass is 407 g/mol. The van der Waals surface area contributed by atoms with E-state index in [1.54, 1.807) is 18.2 Å². The van der Waals surface area contributed by atoms with E-state index in [0.717, 1.165) is 5.56 Å². The molecule has 1 atom stereocenters. The summed E-state index contributed by atoms with van der Waals surface area (Å²) in [5, 5.41) is 2.85. The van der Waals surface area contributed by atoms with Gasteiger partial charge in [0.15, 0.2) is 0 Å². The Morgan fingerprint density at radius 1 is 1.22 bits per heavy atom. The molecule has 0 saturated carbocycles. The largest absolute Gasteiger partial charge is 0.366 e. The lowest BCUT2D eigenvalue weighted by atomic mass is 10.1. The average molecular weight is 408 g/mol. The van der Waals surface area contributed by atoms with Crippen molar-refractivity contribution in [2.75, 3.05) is 15.9 Å². The Bertz CT molecular complexity index is 1050. The standard InChI is InChI=1S/C18H18ClN3O4S/c1-10-7-12-8-11(3-6-16(12)22(10)27(2,25)26)18(24)21-13-4-5-14(17(20)23)15(19)9-13/h3-6,8-10H,7H2,1-2H3,(H2,20,23)(H,21,24). The fourth-order valence-corrected chi connectivity index (χ4v) is 4.78. The Morgan fingerprint density at radius 3 is 2.52 bits per heavy atom. The summed E-state index contributed by atoms with van der Waals surface area (Å²) in [6.45, 7) is 1.82. The molecule has 3 N–H and O–H groups in total. The van der Waals surface area contributed by atoms with Crippen LogP contribution in [0.4, 0.5) is 11.4 Å². The Labute approximate surface area is 162 Å². The molecule has 142 valence electrons. The minimum absolute atomic E-state index is 0.145. The topological polar surface area (TPSA) is 110 Å². The smallest absolute Gasteiger partial charge is 0.255 e. The van der Waals surface area contributed by atoms with Crippen LogP contribution in [0.5, 0.6) is 0 Å². The fourth-order valence-electron chi connectivity index (χ4n) is 3.25. The van der Waals surface area contributed by atoms with E-state index in [-0.39, 0.29) is 22.5 Å². The third kappa shape index (κ3) is 3.77. The number of halogens is 1. The highest BCUT2D eigenvalue weighted by molar-refractivity contribution is 7.92. The van der Waals surface area contributed by atoms with Gasteiger partial charge in [0.05, 0.1) is 22.5 Å². The first-order valence-corrected chi connectivity index (χ1v) is 10.3. The molecule has 1 unspecified atom stereocenters. The fraction of sp³-hybridized carbons (Fsp3) is 0.222. The molecule has 1 heterocycles. The summed E-state index contributed by atoms with van der Waals surface area (Å²) in [5.41, 5.74) is 7.57. The van der Waals surface area contributed by atoms with Gasteiger partial charge in [-0.15, -0.1) is 0 Å². The van der Waals surface area contributed by atoms with Crippen molar-refractivity contribution in [1.29, 1.82) is 0 Å². The molecule has 2 aromatic carbocycles. The van der Waals surface area contributed by atoms with Crippen molar-refractivity contribution in [3.8, 4) is 0 Å². The maximum absolute atomic E-state index is 12.5. The molecule has 1 aliphatic rings. The average Bonchev–Trinajstić information content (AvgIpc) is 2.89. The van der Waals surface area contributed by atoms with Crippen molar-refractivity contribution >= 4 is 44.8 Å². The number of carbonyl (C=O) groups excluding carboxylic acids is 2. The molecule has 7 nitrogen and oxygen atoms in total. The van der Waals surface area contributed by atoms with E-state index in [1.165, 1.54) is 28.8 Å². The van der Waals surface area contributed by atoms with Gasteiger partial charge in [0.1, 0.15) is 0 Å². The summed E-state index contributed by atoms with van der Waals surface area (Å²) in [4.78, 5) is 23.7. The normalized spacial score (nSPS) is 16.1. The number of primary amides is 1. The predicted molar refractivity (Wildman–Crippen MR) is 105 cm³/mol. The second kappa shape index (κ2) is 6.86. The number of nitrogens with two attached hydrogens (primary N) is 1. The summed E-state index contributed by atoms with van der Waals surface area (Å²) in [7, 11) is -3.38. The van der Waals surface area contributed by atoms with Gasteiger partial charge in [0, 0.05) is 17.3 Å². The van der Waals surface area contributed by atoms with Gasteiger partial charge < -0.3 is 11.1 Å². The number of fused-ring (bicyclic) bond motifs is 1. The number of hydrogen-bond acceptors (Lipinski definition) is 4. The van der Waals surface area contributed by atoms with E-state index in [1.807, 2.05) is 6.92 Å². The molecule has 0 saturated heterocycles. The maximum atomic E-state index is 12.5. The molecule has 2 amide bonds. The highest BCUT2D eigenvalue weighted by atomic mass is 35.5. The van der Waals surface area contributed by atoms with Crippen molar-refractivity contribution in [2.45, 2.75) is 19.4 Å². The maximum Gasteiger partial charge on any atom is 0.255 e. The van der Waals surface area contributed by atoms with Gasteiger partial charge >= 0.3 is 0 Å². The molecule has 1 aliphatic heterocycles. The van der Waals surface area contributed by atoms with E-state index in [0.29, 0.717) is 23.4 Å². The molecule has 2 aromatic rings. The zero-order valence-corrected chi connectivity index (χ0v) is 16.3. The Kier molecular flexibility index (Phi) is 4.88. The number of amides is 2. The van der Waals surface area contributed by atoms with E-state index >= 15 is 0 Å². The van der Waals surface area contributed by atoms with Crippen molar-refractivity contribution in [1.82, 2.24) is 0 Å². The number of sulfonamides is 1. The third-order valence-corrected chi connectivity index (χ3v) is 5.93. The van der Waals surface area contributed by atoms with Crippen LogP contribution >= 0.6 is 11.6 Å². The van der Waals surface area contributed by atoms with Gasteiger partial charge in [0.25, 0.3) is 5.91 Å². The minimum Gasteiger partial charge on any atom is -0.366 e. The van der Waals surface area contributed by atoms with Gasteiger partial charge in [-0.3, -0.25) is 13.9 Å². The van der Waals surface area contributed by atoms with E-state index in [2.05, 4.69) is 5.32 Å².